The molecule has 0 heterocycles. The number of hydrogen-bond donors (Lipinski definition) is 2. The van der Waals surface area contributed by atoms with Crippen LogP contribution in [-0.4, -0.2) is 23.4 Å². The Morgan fingerprint density at radius 2 is 2.13 bits per heavy atom. The number of aliphatic hydroxyl groups excluding tert-OH is 1. The molecule has 2 N–H and O–H groups in total. The summed E-state index contributed by atoms with van der Waals surface area (Å²) < 4.78 is 4.99. The number of halogens is 1. The van der Waals surface area contributed by atoms with Gasteiger partial charge in [0.15, 0.2) is 11.5 Å². The minimum absolute atomic E-state index is 0.0170. The Kier molecular flexibility index (Phi) is 3.83. The molecule has 3 nitrogen and oxygen atoms in total. The van der Waals surface area contributed by atoms with Crippen molar-refractivity contribution in [2.45, 2.75) is 26.4 Å². The summed E-state index contributed by atoms with van der Waals surface area (Å²) in [4.78, 5) is 0. The lowest BCUT2D eigenvalue weighted by Crippen LogP contribution is -2.06. The van der Waals surface area contributed by atoms with Gasteiger partial charge in [0.2, 0.25) is 0 Å². The third kappa shape index (κ3) is 2.55. The normalized spacial score (nSPS) is 12.6. The lowest BCUT2D eigenvalue weighted by molar-refractivity contribution is 0.193. The molecule has 1 rings (SSSR count). The largest absolute Gasteiger partial charge is 0.504 e. The van der Waals surface area contributed by atoms with E-state index in [4.69, 9.17) is 16.3 Å². The van der Waals surface area contributed by atoms with Crippen LogP contribution in [0.4, 0.5) is 0 Å². The molecule has 0 aromatic heterocycles. The van der Waals surface area contributed by atoms with Crippen molar-refractivity contribution >= 4 is 11.6 Å². The highest BCUT2D eigenvalue weighted by molar-refractivity contribution is 6.32. The first kappa shape index (κ1) is 12.1. The highest BCUT2D eigenvalue weighted by Gasteiger charge is 2.16. The number of methoxy groups -OCH3 is 1. The minimum Gasteiger partial charge on any atom is -0.504 e. The van der Waals surface area contributed by atoms with Gasteiger partial charge in [-0.05, 0) is 25.5 Å². The average molecular weight is 231 g/mol. The SMILES string of the molecule is COc1c(Cl)cc(C)c(CC(C)O)c1O. The van der Waals surface area contributed by atoms with Crippen LogP contribution in [0, 0.1) is 6.92 Å². The van der Waals surface area contributed by atoms with E-state index < -0.39 is 6.10 Å². The van der Waals surface area contributed by atoms with E-state index in [-0.39, 0.29) is 11.5 Å². The first-order valence-corrected chi connectivity index (χ1v) is 5.08. The molecule has 1 atom stereocenters. The molecule has 1 unspecified atom stereocenters. The maximum Gasteiger partial charge on any atom is 0.179 e. The van der Waals surface area contributed by atoms with Gasteiger partial charge in [0.1, 0.15) is 0 Å². The van der Waals surface area contributed by atoms with Crippen molar-refractivity contribution < 1.29 is 14.9 Å². The molecule has 0 spiro atoms. The van der Waals surface area contributed by atoms with E-state index in [2.05, 4.69) is 0 Å². The van der Waals surface area contributed by atoms with E-state index in [0.717, 1.165) is 5.56 Å². The molecule has 1 aromatic rings. The van der Waals surface area contributed by atoms with Crippen LogP contribution in [0.5, 0.6) is 11.5 Å². The quantitative estimate of drug-likeness (QED) is 0.838. The predicted octanol–water partition coefficient (Wildman–Crippen LogP) is 2.29. The molecule has 1 aromatic carbocycles. The van der Waals surface area contributed by atoms with Gasteiger partial charge in [-0.1, -0.05) is 11.6 Å². The lowest BCUT2D eigenvalue weighted by atomic mass is 10.0. The van der Waals surface area contributed by atoms with Crippen molar-refractivity contribution in [1.82, 2.24) is 0 Å². The highest BCUT2D eigenvalue weighted by atomic mass is 35.5. The lowest BCUT2D eigenvalue weighted by Gasteiger charge is -2.14. The smallest absolute Gasteiger partial charge is 0.179 e. The molecular formula is C11H15ClO3. The summed E-state index contributed by atoms with van der Waals surface area (Å²) in [5.41, 5.74) is 1.52. The van der Waals surface area contributed by atoms with Crippen LogP contribution in [0.1, 0.15) is 18.1 Å². The Morgan fingerprint density at radius 1 is 1.53 bits per heavy atom. The maximum atomic E-state index is 9.88. The molecule has 0 aliphatic carbocycles. The van der Waals surface area contributed by atoms with E-state index >= 15 is 0 Å². The maximum absolute atomic E-state index is 9.88. The fourth-order valence-corrected chi connectivity index (χ4v) is 1.86. The van der Waals surface area contributed by atoms with Crippen LogP contribution in [0.2, 0.25) is 5.02 Å². The predicted molar refractivity (Wildman–Crippen MR) is 59.8 cm³/mol. The molecule has 0 aliphatic heterocycles. The summed E-state index contributed by atoms with van der Waals surface area (Å²) in [6.45, 7) is 3.50. The molecule has 0 amide bonds. The second-order valence-corrected chi connectivity index (χ2v) is 4.00. The Bertz CT molecular complexity index is 361. The van der Waals surface area contributed by atoms with Crippen molar-refractivity contribution in [3.05, 3.63) is 22.2 Å². The van der Waals surface area contributed by atoms with Crippen molar-refractivity contribution in [2.75, 3.05) is 7.11 Å². The van der Waals surface area contributed by atoms with Gasteiger partial charge in [-0.25, -0.2) is 0 Å². The molecule has 0 saturated carbocycles. The number of aliphatic hydroxyl groups is 1. The van der Waals surface area contributed by atoms with Crippen LogP contribution < -0.4 is 4.74 Å². The van der Waals surface area contributed by atoms with E-state index in [1.807, 2.05) is 6.92 Å². The number of aromatic hydroxyl groups is 1. The standard InChI is InChI=1S/C11H15ClO3/c1-6-4-9(12)11(15-3)10(14)8(6)5-7(2)13/h4,7,13-14H,5H2,1-3H3. The van der Waals surface area contributed by atoms with Crippen molar-refractivity contribution in [1.29, 1.82) is 0 Å². The molecule has 15 heavy (non-hydrogen) atoms. The molecule has 84 valence electrons. The monoisotopic (exact) mass is 230 g/mol. The van der Waals surface area contributed by atoms with Crippen LogP contribution >= 0.6 is 11.6 Å². The summed E-state index contributed by atoms with van der Waals surface area (Å²) in [7, 11) is 1.45. The highest BCUT2D eigenvalue weighted by Crippen LogP contribution is 2.39. The fraction of sp³-hybridized carbons (Fsp3) is 0.455. The number of phenolic OH excluding ortho intramolecular Hbond substituents is 1. The van der Waals surface area contributed by atoms with Crippen molar-refractivity contribution in [2.24, 2.45) is 0 Å². The van der Waals surface area contributed by atoms with Gasteiger partial charge in [-0.15, -0.1) is 0 Å². The molecular weight excluding hydrogens is 216 g/mol. The molecule has 0 saturated heterocycles. The molecule has 0 fully saturated rings. The molecule has 0 aliphatic rings. The van der Waals surface area contributed by atoms with Crippen LogP contribution in [0.3, 0.4) is 0 Å². The summed E-state index contributed by atoms with van der Waals surface area (Å²) in [6.07, 6.45) is -0.133. The topological polar surface area (TPSA) is 49.7 Å². The second-order valence-electron chi connectivity index (χ2n) is 3.59. The number of phenols is 1. The van der Waals surface area contributed by atoms with Crippen molar-refractivity contribution in [3.8, 4) is 11.5 Å². The number of hydrogen-bond acceptors (Lipinski definition) is 3. The summed E-state index contributed by atoms with van der Waals surface area (Å²) in [5, 5.41) is 19.6. The van der Waals surface area contributed by atoms with E-state index in [9.17, 15) is 10.2 Å². The van der Waals surface area contributed by atoms with Gasteiger partial charge in [0, 0.05) is 12.0 Å². The summed E-state index contributed by atoms with van der Waals surface area (Å²) in [5.74, 6) is 0.279. The summed E-state index contributed by atoms with van der Waals surface area (Å²) in [6, 6.07) is 1.72. The minimum atomic E-state index is -0.513. The van der Waals surface area contributed by atoms with Gasteiger partial charge in [0.25, 0.3) is 0 Å². The van der Waals surface area contributed by atoms with Crippen LogP contribution in [-0.2, 0) is 6.42 Å². The zero-order chi connectivity index (χ0) is 11.6. The molecule has 0 bridgehead atoms. The number of aryl methyl sites for hydroxylation is 1. The first-order chi connectivity index (χ1) is 6.97. The van der Waals surface area contributed by atoms with Crippen molar-refractivity contribution in [3.63, 3.8) is 0 Å². The number of ether oxygens (including phenoxy) is 1. The van der Waals surface area contributed by atoms with Crippen LogP contribution in [0.15, 0.2) is 6.07 Å². The van der Waals surface area contributed by atoms with Crippen LogP contribution in [0.25, 0.3) is 0 Å². The number of rotatable bonds is 3. The Hall–Kier alpha value is -0.930. The second kappa shape index (κ2) is 4.73. The zero-order valence-electron chi connectivity index (χ0n) is 9.04. The number of benzene rings is 1. The fourth-order valence-electron chi connectivity index (χ4n) is 1.53. The Morgan fingerprint density at radius 3 is 2.60 bits per heavy atom. The van der Waals surface area contributed by atoms with Gasteiger partial charge >= 0.3 is 0 Å². The summed E-state index contributed by atoms with van der Waals surface area (Å²) >= 11 is 5.90. The van der Waals surface area contributed by atoms with Gasteiger partial charge < -0.3 is 14.9 Å². The zero-order valence-corrected chi connectivity index (χ0v) is 9.80. The van der Waals surface area contributed by atoms with E-state index in [0.29, 0.717) is 17.0 Å². The van der Waals surface area contributed by atoms with E-state index in [1.165, 1.54) is 7.11 Å². The first-order valence-electron chi connectivity index (χ1n) is 4.70. The van der Waals surface area contributed by atoms with Gasteiger partial charge in [-0.3, -0.25) is 0 Å². The molecule has 0 radical (unpaired) electrons. The Labute approximate surface area is 94.3 Å². The third-order valence-corrected chi connectivity index (χ3v) is 2.52. The Balaban J connectivity index is 3.26. The van der Waals surface area contributed by atoms with E-state index in [1.54, 1.807) is 13.0 Å². The van der Waals surface area contributed by atoms with Gasteiger partial charge in [-0.2, -0.15) is 0 Å². The third-order valence-electron chi connectivity index (χ3n) is 2.24. The van der Waals surface area contributed by atoms with Gasteiger partial charge in [0.05, 0.1) is 18.2 Å². The average Bonchev–Trinajstić information content (AvgIpc) is 2.12. The molecule has 4 heteroatoms.